The number of hydrogen-bond acceptors (Lipinski definition) is 2. The first kappa shape index (κ1) is 13.4. The lowest BCUT2D eigenvalue weighted by Gasteiger charge is -2.17. The standard InChI is InChI=1S/C10H20N2OS/c1-4-5-8(10(11)14)12-9(13)6-7(2)3/h7-8H,4-6H2,1-3H3,(H2,11,14)(H,12,13). The fourth-order valence-electron chi connectivity index (χ4n) is 1.20. The lowest BCUT2D eigenvalue weighted by molar-refractivity contribution is -0.122. The predicted molar refractivity (Wildman–Crippen MR) is 63.1 cm³/mol. The van der Waals surface area contributed by atoms with Gasteiger partial charge in [0.25, 0.3) is 0 Å². The van der Waals surface area contributed by atoms with Crippen LogP contribution in [0.25, 0.3) is 0 Å². The SMILES string of the molecule is CCCC(NC(=O)CC(C)C)C(N)=S. The Kier molecular flexibility index (Phi) is 6.45. The highest BCUT2D eigenvalue weighted by Crippen LogP contribution is 2.02. The lowest BCUT2D eigenvalue weighted by Crippen LogP contribution is -2.43. The minimum absolute atomic E-state index is 0.0336. The van der Waals surface area contributed by atoms with Crippen molar-refractivity contribution in [3.63, 3.8) is 0 Å². The molecule has 0 aliphatic rings. The molecule has 0 radical (unpaired) electrons. The summed E-state index contributed by atoms with van der Waals surface area (Å²) < 4.78 is 0. The number of carbonyl (C=O) groups is 1. The fourth-order valence-corrected chi connectivity index (χ4v) is 1.38. The van der Waals surface area contributed by atoms with Crippen molar-refractivity contribution < 1.29 is 4.79 Å². The monoisotopic (exact) mass is 216 g/mol. The maximum Gasteiger partial charge on any atom is 0.220 e. The Balaban J connectivity index is 4.02. The summed E-state index contributed by atoms with van der Waals surface area (Å²) in [5.41, 5.74) is 5.52. The molecule has 0 rings (SSSR count). The molecular weight excluding hydrogens is 196 g/mol. The molecule has 1 atom stereocenters. The Labute approximate surface area is 91.4 Å². The van der Waals surface area contributed by atoms with Gasteiger partial charge in [-0.3, -0.25) is 4.79 Å². The van der Waals surface area contributed by atoms with E-state index in [1.807, 2.05) is 20.8 Å². The van der Waals surface area contributed by atoms with Crippen molar-refractivity contribution in [2.45, 2.75) is 46.1 Å². The van der Waals surface area contributed by atoms with Crippen LogP contribution in [0, 0.1) is 5.92 Å². The molecule has 4 heteroatoms. The van der Waals surface area contributed by atoms with Gasteiger partial charge in [-0.25, -0.2) is 0 Å². The summed E-state index contributed by atoms with van der Waals surface area (Å²) in [5, 5.41) is 2.84. The van der Waals surface area contributed by atoms with Crippen LogP contribution in [0.2, 0.25) is 0 Å². The number of carbonyl (C=O) groups excluding carboxylic acids is 1. The van der Waals surface area contributed by atoms with Crippen LogP contribution in [0.1, 0.15) is 40.0 Å². The molecule has 0 fully saturated rings. The molecule has 0 aromatic carbocycles. The van der Waals surface area contributed by atoms with Crippen LogP contribution >= 0.6 is 12.2 Å². The molecular formula is C10H20N2OS. The third kappa shape index (κ3) is 5.91. The largest absolute Gasteiger partial charge is 0.392 e. The van der Waals surface area contributed by atoms with Gasteiger partial charge in [-0.05, 0) is 12.3 Å². The summed E-state index contributed by atoms with van der Waals surface area (Å²) in [7, 11) is 0. The first-order valence-electron chi connectivity index (χ1n) is 5.06. The molecule has 0 saturated heterocycles. The van der Waals surface area contributed by atoms with E-state index in [0.29, 0.717) is 17.3 Å². The Morgan fingerprint density at radius 3 is 2.43 bits per heavy atom. The van der Waals surface area contributed by atoms with Crippen LogP contribution in [0.15, 0.2) is 0 Å². The smallest absolute Gasteiger partial charge is 0.220 e. The second kappa shape index (κ2) is 6.76. The van der Waals surface area contributed by atoms with Crippen molar-refractivity contribution in [3.05, 3.63) is 0 Å². The van der Waals surface area contributed by atoms with Gasteiger partial charge in [0.2, 0.25) is 5.91 Å². The molecule has 3 N–H and O–H groups in total. The first-order valence-corrected chi connectivity index (χ1v) is 5.46. The summed E-state index contributed by atoms with van der Waals surface area (Å²) in [6.45, 7) is 6.06. The number of amides is 1. The van der Waals surface area contributed by atoms with Crippen LogP contribution < -0.4 is 11.1 Å². The van der Waals surface area contributed by atoms with Gasteiger partial charge in [-0.15, -0.1) is 0 Å². The second-order valence-corrected chi connectivity index (χ2v) is 4.38. The predicted octanol–water partition coefficient (Wildman–Crippen LogP) is 1.60. The van der Waals surface area contributed by atoms with E-state index >= 15 is 0 Å². The molecule has 0 bridgehead atoms. The van der Waals surface area contributed by atoms with E-state index in [-0.39, 0.29) is 11.9 Å². The second-order valence-electron chi connectivity index (χ2n) is 3.91. The Bertz CT molecular complexity index is 204. The highest BCUT2D eigenvalue weighted by molar-refractivity contribution is 7.80. The van der Waals surface area contributed by atoms with E-state index in [4.69, 9.17) is 18.0 Å². The van der Waals surface area contributed by atoms with Crippen molar-refractivity contribution in [1.82, 2.24) is 5.32 Å². The van der Waals surface area contributed by atoms with Crippen LogP contribution in [0.3, 0.4) is 0 Å². The maximum absolute atomic E-state index is 11.4. The van der Waals surface area contributed by atoms with Gasteiger partial charge in [-0.1, -0.05) is 39.4 Å². The van der Waals surface area contributed by atoms with Crippen molar-refractivity contribution in [2.24, 2.45) is 11.7 Å². The summed E-state index contributed by atoms with van der Waals surface area (Å²) in [6.07, 6.45) is 2.31. The molecule has 1 amide bonds. The number of rotatable bonds is 6. The average molecular weight is 216 g/mol. The van der Waals surface area contributed by atoms with Gasteiger partial charge in [0.15, 0.2) is 0 Å². The third-order valence-electron chi connectivity index (χ3n) is 1.85. The van der Waals surface area contributed by atoms with E-state index in [1.54, 1.807) is 0 Å². The number of hydrogen-bond donors (Lipinski definition) is 2. The van der Waals surface area contributed by atoms with Crippen molar-refractivity contribution in [2.75, 3.05) is 0 Å². The minimum Gasteiger partial charge on any atom is -0.392 e. The highest BCUT2D eigenvalue weighted by Gasteiger charge is 2.14. The third-order valence-corrected chi connectivity index (χ3v) is 2.13. The van der Waals surface area contributed by atoms with Crippen LogP contribution in [0.4, 0.5) is 0 Å². The molecule has 0 aliphatic heterocycles. The molecule has 0 aliphatic carbocycles. The highest BCUT2D eigenvalue weighted by atomic mass is 32.1. The van der Waals surface area contributed by atoms with Gasteiger partial charge in [0.1, 0.15) is 0 Å². The van der Waals surface area contributed by atoms with E-state index in [2.05, 4.69) is 5.32 Å². The Morgan fingerprint density at radius 1 is 1.50 bits per heavy atom. The summed E-state index contributed by atoms with van der Waals surface area (Å²) >= 11 is 4.88. The van der Waals surface area contributed by atoms with Crippen LogP contribution in [-0.2, 0) is 4.79 Å². The van der Waals surface area contributed by atoms with Gasteiger partial charge >= 0.3 is 0 Å². The fraction of sp³-hybridized carbons (Fsp3) is 0.800. The zero-order chi connectivity index (χ0) is 11.1. The van der Waals surface area contributed by atoms with Gasteiger partial charge in [-0.2, -0.15) is 0 Å². The van der Waals surface area contributed by atoms with Crippen LogP contribution in [0.5, 0.6) is 0 Å². The summed E-state index contributed by atoms with van der Waals surface area (Å²) in [6, 6.07) is -0.138. The molecule has 82 valence electrons. The molecule has 0 aromatic rings. The normalized spacial score (nSPS) is 12.6. The molecule has 0 spiro atoms. The zero-order valence-corrected chi connectivity index (χ0v) is 9.99. The zero-order valence-electron chi connectivity index (χ0n) is 9.17. The lowest BCUT2D eigenvalue weighted by atomic mass is 10.1. The molecule has 3 nitrogen and oxygen atoms in total. The molecule has 0 heterocycles. The Hall–Kier alpha value is -0.640. The van der Waals surface area contributed by atoms with E-state index in [1.165, 1.54) is 0 Å². The van der Waals surface area contributed by atoms with Crippen LogP contribution in [-0.4, -0.2) is 16.9 Å². The summed E-state index contributed by atoms with van der Waals surface area (Å²) in [4.78, 5) is 11.8. The minimum atomic E-state index is -0.138. The molecule has 0 saturated carbocycles. The maximum atomic E-state index is 11.4. The van der Waals surface area contributed by atoms with Crippen molar-refractivity contribution in [1.29, 1.82) is 0 Å². The number of nitrogens with two attached hydrogens (primary N) is 1. The molecule has 0 aromatic heterocycles. The number of thiocarbonyl (C=S) groups is 1. The molecule has 1 unspecified atom stereocenters. The summed E-state index contributed by atoms with van der Waals surface area (Å²) in [5.74, 6) is 0.398. The van der Waals surface area contributed by atoms with Gasteiger partial charge < -0.3 is 11.1 Å². The Morgan fingerprint density at radius 2 is 2.07 bits per heavy atom. The quantitative estimate of drug-likeness (QED) is 0.663. The van der Waals surface area contributed by atoms with E-state index in [9.17, 15) is 4.79 Å². The van der Waals surface area contributed by atoms with Crippen molar-refractivity contribution >= 4 is 23.1 Å². The van der Waals surface area contributed by atoms with Gasteiger partial charge in [0, 0.05) is 6.42 Å². The van der Waals surface area contributed by atoms with Gasteiger partial charge in [0.05, 0.1) is 11.0 Å². The number of nitrogens with one attached hydrogen (secondary N) is 1. The van der Waals surface area contributed by atoms with E-state index in [0.717, 1.165) is 12.8 Å². The average Bonchev–Trinajstić information content (AvgIpc) is 2.01. The van der Waals surface area contributed by atoms with E-state index < -0.39 is 0 Å². The molecule has 14 heavy (non-hydrogen) atoms. The first-order chi connectivity index (χ1) is 6.47. The topological polar surface area (TPSA) is 55.1 Å². The van der Waals surface area contributed by atoms with Crippen molar-refractivity contribution in [3.8, 4) is 0 Å².